The van der Waals surface area contributed by atoms with E-state index >= 15 is 0 Å². The maximum Gasteiger partial charge on any atom is 0.330 e. The van der Waals surface area contributed by atoms with E-state index in [0.717, 1.165) is 15.6 Å². The number of hydrogen-bond donors (Lipinski definition) is 2. The van der Waals surface area contributed by atoms with Crippen LogP contribution in [0.4, 0.5) is 0 Å². The molecule has 1 atom stereocenters. The highest BCUT2D eigenvalue weighted by atomic mass is 32.2. The number of carbonyl (C=O) groups is 2. The zero-order valence-corrected chi connectivity index (χ0v) is 14.6. The number of sulfonamides is 1. The molecule has 1 amide bonds. The first-order valence-electron chi connectivity index (χ1n) is 6.83. The number of rotatable bonds is 6. The molecule has 7 nitrogen and oxygen atoms in total. The smallest absolute Gasteiger partial charge is 0.330 e. The molecule has 0 fully saturated rings. The van der Waals surface area contributed by atoms with Crippen LogP contribution >= 0.6 is 11.3 Å². The van der Waals surface area contributed by atoms with E-state index in [4.69, 9.17) is 0 Å². The van der Waals surface area contributed by atoms with E-state index in [9.17, 15) is 23.1 Å². The van der Waals surface area contributed by atoms with Gasteiger partial charge in [-0.15, -0.1) is 11.3 Å². The van der Waals surface area contributed by atoms with Gasteiger partial charge in [0, 0.05) is 19.5 Å². The Bertz CT molecular complexity index is 844. The summed E-state index contributed by atoms with van der Waals surface area (Å²) >= 11 is 0.940. The molecule has 1 heterocycles. The van der Waals surface area contributed by atoms with Crippen LogP contribution in [0.15, 0.2) is 46.7 Å². The second kappa shape index (κ2) is 7.12. The van der Waals surface area contributed by atoms with Crippen molar-refractivity contribution in [3.63, 3.8) is 0 Å². The molecule has 1 aromatic carbocycles. The van der Waals surface area contributed by atoms with Crippen molar-refractivity contribution in [2.24, 2.45) is 0 Å². The van der Waals surface area contributed by atoms with Crippen molar-refractivity contribution in [1.82, 2.24) is 9.62 Å². The third-order valence-electron chi connectivity index (χ3n) is 3.23. The minimum atomic E-state index is -3.64. The number of nitrogens with zero attached hydrogens (tertiary/aromatic N) is 1. The topological polar surface area (TPSA) is 104 Å². The summed E-state index contributed by atoms with van der Waals surface area (Å²) in [5.41, 5.74) is 0.427. The second-order valence-electron chi connectivity index (χ2n) is 5.09. The SMILES string of the molecule is CN(C)S(=O)(=O)c1csc(C(=O)N[C@H](C(=O)O)c2ccccc2)c1. The van der Waals surface area contributed by atoms with E-state index in [1.807, 2.05) is 0 Å². The molecule has 0 saturated carbocycles. The van der Waals surface area contributed by atoms with Crippen LogP contribution in [0.3, 0.4) is 0 Å². The lowest BCUT2D eigenvalue weighted by molar-refractivity contribution is -0.139. The fourth-order valence-corrected chi connectivity index (χ4v) is 3.99. The average molecular weight is 368 g/mol. The first-order chi connectivity index (χ1) is 11.2. The Morgan fingerprint density at radius 1 is 1.21 bits per heavy atom. The Morgan fingerprint density at radius 2 is 1.83 bits per heavy atom. The van der Waals surface area contributed by atoms with Crippen molar-refractivity contribution < 1.29 is 23.1 Å². The van der Waals surface area contributed by atoms with Gasteiger partial charge in [0.2, 0.25) is 10.0 Å². The zero-order chi connectivity index (χ0) is 17.9. The normalized spacial score (nSPS) is 12.8. The van der Waals surface area contributed by atoms with Crippen LogP contribution in [-0.4, -0.2) is 43.8 Å². The van der Waals surface area contributed by atoms with Crippen molar-refractivity contribution >= 4 is 33.2 Å². The molecule has 0 radical (unpaired) electrons. The van der Waals surface area contributed by atoms with Crippen LogP contribution in [0, 0.1) is 0 Å². The van der Waals surface area contributed by atoms with Crippen molar-refractivity contribution in [2.45, 2.75) is 10.9 Å². The van der Waals surface area contributed by atoms with E-state index < -0.39 is 27.9 Å². The van der Waals surface area contributed by atoms with Gasteiger partial charge < -0.3 is 10.4 Å². The van der Waals surface area contributed by atoms with Gasteiger partial charge in [-0.3, -0.25) is 4.79 Å². The molecule has 0 aliphatic carbocycles. The number of carboxylic acid groups (broad SMARTS) is 1. The highest BCUT2D eigenvalue weighted by molar-refractivity contribution is 7.89. The number of thiophene rings is 1. The molecule has 2 N–H and O–H groups in total. The quantitative estimate of drug-likeness (QED) is 0.805. The lowest BCUT2D eigenvalue weighted by Gasteiger charge is -2.14. The van der Waals surface area contributed by atoms with E-state index in [0.29, 0.717) is 5.56 Å². The van der Waals surface area contributed by atoms with Gasteiger partial charge in [-0.2, -0.15) is 0 Å². The number of carbonyl (C=O) groups excluding carboxylic acids is 1. The van der Waals surface area contributed by atoms with Gasteiger partial charge in [0.15, 0.2) is 6.04 Å². The summed E-state index contributed by atoms with van der Waals surface area (Å²) < 4.78 is 25.1. The van der Waals surface area contributed by atoms with Gasteiger partial charge in [0.05, 0.1) is 9.77 Å². The first kappa shape index (κ1) is 18.1. The van der Waals surface area contributed by atoms with E-state index in [1.54, 1.807) is 30.3 Å². The van der Waals surface area contributed by atoms with Gasteiger partial charge in [0.25, 0.3) is 5.91 Å². The Labute approximate surface area is 143 Å². The summed E-state index contributed by atoms with van der Waals surface area (Å²) in [6.45, 7) is 0. The molecule has 2 aromatic rings. The molecule has 0 saturated heterocycles. The molecule has 0 unspecified atom stereocenters. The molecule has 2 rings (SSSR count). The predicted octanol–water partition coefficient (Wildman–Crippen LogP) is 1.55. The van der Waals surface area contributed by atoms with E-state index in [2.05, 4.69) is 5.32 Å². The Balaban J connectivity index is 2.23. The third-order valence-corrected chi connectivity index (χ3v) is 6.10. The van der Waals surface area contributed by atoms with Crippen LogP contribution in [0.25, 0.3) is 0 Å². The van der Waals surface area contributed by atoms with Gasteiger partial charge in [-0.1, -0.05) is 30.3 Å². The van der Waals surface area contributed by atoms with Gasteiger partial charge in [-0.05, 0) is 11.6 Å². The highest BCUT2D eigenvalue weighted by Crippen LogP contribution is 2.22. The summed E-state index contributed by atoms with van der Waals surface area (Å²) in [4.78, 5) is 23.8. The van der Waals surface area contributed by atoms with Crippen molar-refractivity contribution in [3.05, 3.63) is 52.2 Å². The van der Waals surface area contributed by atoms with Crippen LogP contribution in [0.2, 0.25) is 0 Å². The Hall–Kier alpha value is -2.23. The van der Waals surface area contributed by atoms with Crippen molar-refractivity contribution in [3.8, 4) is 0 Å². The monoisotopic (exact) mass is 368 g/mol. The van der Waals surface area contributed by atoms with Gasteiger partial charge in [-0.25, -0.2) is 17.5 Å². The standard InChI is InChI=1S/C15H16N2O5S2/c1-17(2)24(21,22)11-8-12(23-9-11)14(18)16-13(15(19)20)10-6-4-3-5-7-10/h3-9,13H,1-2H3,(H,16,18)(H,19,20)/t13-/m0/s1. The molecule has 9 heteroatoms. The largest absolute Gasteiger partial charge is 0.479 e. The average Bonchev–Trinajstić information content (AvgIpc) is 3.03. The second-order valence-corrected chi connectivity index (χ2v) is 8.15. The molecule has 0 aliphatic rings. The Kier molecular flexibility index (Phi) is 5.37. The lowest BCUT2D eigenvalue weighted by Crippen LogP contribution is -2.33. The number of amides is 1. The maximum absolute atomic E-state index is 12.3. The summed E-state index contributed by atoms with van der Waals surface area (Å²) in [5.74, 6) is -1.84. The zero-order valence-electron chi connectivity index (χ0n) is 13.0. The predicted molar refractivity (Wildman–Crippen MR) is 89.5 cm³/mol. The fourth-order valence-electron chi connectivity index (χ4n) is 1.92. The van der Waals surface area contributed by atoms with Crippen LogP contribution in [0.5, 0.6) is 0 Å². The van der Waals surface area contributed by atoms with Gasteiger partial charge in [0.1, 0.15) is 0 Å². The molecule has 0 aliphatic heterocycles. The molecule has 128 valence electrons. The maximum atomic E-state index is 12.3. The lowest BCUT2D eigenvalue weighted by atomic mass is 10.1. The number of hydrogen-bond acceptors (Lipinski definition) is 5. The minimum absolute atomic E-state index is 0.00534. The van der Waals surface area contributed by atoms with Gasteiger partial charge >= 0.3 is 5.97 Å². The summed E-state index contributed by atoms with van der Waals surface area (Å²) in [7, 11) is -0.856. The molecule has 1 aromatic heterocycles. The third kappa shape index (κ3) is 3.81. The number of benzene rings is 1. The first-order valence-corrected chi connectivity index (χ1v) is 9.15. The molecule has 0 spiro atoms. The summed E-state index contributed by atoms with van der Waals surface area (Å²) in [6.07, 6.45) is 0. The summed E-state index contributed by atoms with van der Waals surface area (Å²) in [6, 6.07) is 8.29. The minimum Gasteiger partial charge on any atom is -0.479 e. The summed E-state index contributed by atoms with van der Waals surface area (Å²) in [5, 5.41) is 13.1. The Morgan fingerprint density at radius 3 is 2.38 bits per heavy atom. The highest BCUT2D eigenvalue weighted by Gasteiger charge is 2.25. The van der Waals surface area contributed by atoms with Crippen molar-refractivity contribution in [2.75, 3.05) is 14.1 Å². The van der Waals surface area contributed by atoms with Crippen LogP contribution < -0.4 is 5.32 Å². The molecular weight excluding hydrogens is 352 g/mol. The number of carboxylic acids is 1. The van der Waals surface area contributed by atoms with E-state index in [-0.39, 0.29) is 9.77 Å². The molecular formula is C15H16N2O5S2. The van der Waals surface area contributed by atoms with E-state index in [1.165, 1.54) is 25.5 Å². The molecule has 24 heavy (non-hydrogen) atoms. The fraction of sp³-hybridized carbons (Fsp3) is 0.200. The van der Waals surface area contributed by atoms with Crippen molar-refractivity contribution in [1.29, 1.82) is 0 Å². The van der Waals surface area contributed by atoms with Crippen LogP contribution in [0.1, 0.15) is 21.3 Å². The number of aliphatic carboxylic acids is 1. The number of nitrogens with one attached hydrogen (secondary N) is 1. The molecule has 0 bridgehead atoms. The van der Waals surface area contributed by atoms with Crippen LogP contribution in [-0.2, 0) is 14.8 Å².